The molecule has 3 rings (SSSR count). The lowest BCUT2D eigenvalue weighted by molar-refractivity contribution is 0.251. The van der Waals surface area contributed by atoms with Gasteiger partial charge in [-0.2, -0.15) is 0 Å². The third kappa shape index (κ3) is 1.69. The van der Waals surface area contributed by atoms with Gasteiger partial charge in [0.2, 0.25) is 0 Å². The molecule has 2 nitrogen and oxygen atoms in total. The molecule has 88 valence electrons. The highest BCUT2D eigenvalue weighted by Crippen LogP contribution is 2.45. The van der Waals surface area contributed by atoms with E-state index in [4.69, 9.17) is 5.73 Å². The third-order valence-corrected chi connectivity index (χ3v) is 4.55. The molecule has 0 amide bonds. The quantitative estimate of drug-likeness (QED) is 0.861. The Morgan fingerprint density at radius 3 is 2.71 bits per heavy atom. The SMILES string of the molecule is NCC1(c2cc3ccccc3nc2Br)CCC1. The van der Waals surface area contributed by atoms with E-state index in [1.54, 1.807) is 0 Å². The first-order valence-corrected chi connectivity index (χ1v) is 6.80. The van der Waals surface area contributed by atoms with Gasteiger partial charge in [0.1, 0.15) is 4.60 Å². The average molecular weight is 291 g/mol. The van der Waals surface area contributed by atoms with Crippen LogP contribution in [0, 0.1) is 0 Å². The van der Waals surface area contributed by atoms with Crippen molar-refractivity contribution in [2.45, 2.75) is 24.7 Å². The molecule has 0 bridgehead atoms. The van der Waals surface area contributed by atoms with Gasteiger partial charge in [0, 0.05) is 17.3 Å². The molecule has 1 heterocycles. The fourth-order valence-corrected chi connectivity index (χ4v) is 3.38. The van der Waals surface area contributed by atoms with Crippen molar-refractivity contribution in [3.05, 3.63) is 40.5 Å². The second kappa shape index (κ2) is 4.07. The first-order chi connectivity index (χ1) is 8.25. The second-order valence-corrected chi connectivity index (χ2v) is 5.61. The molecule has 1 saturated carbocycles. The largest absolute Gasteiger partial charge is 0.330 e. The van der Waals surface area contributed by atoms with Crippen molar-refractivity contribution >= 4 is 26.8 Å². The molecule has 17 heavy (non-hydrogen) atoms. The summed E-state index contributed by atoms with van der Waals surface area (Å²) in [5.74, 6) is 0. The first-order valence-electron chi connectivity index (χ1n) is 6.01. The summed E-state index contributed by atoms with van der Waals surface area (Å²) in [5.41, 5.74) is 8.45. The average Bonchev–Trinajstić information content (AvgIpc) is 2.29. The van der Waals surface area contributed by atoms with Gasteiger partial charge in [-0.15, -0.1) is 0 Å². The summed E-state index contributed by atoms with van der Waals surface area (Å²) in [6.07, 6.45) is 3.64. The lowest BCUT2D eigenvalue weighted by atomic mass is 9.65. The maximum atomic E-state index is 5.97. The van der Waals surface area contributed by atoms with Gasteiger partial charge in [-0.1, -0.05) is 24.6 Å². The molecule has 0 saturated heterocycles. The summed E-state index contributed by atoms with van der Waals surface area (Å²) < 4.78 is 0.960. The van der Waals surface area contributed by atoms with E-state index in [0.717, 1.165) is 10.1 Å². The number of hydrogen-bond donors (Lipinski definition) is 1. The van der Waals surface area contributed by atoms with E-state index in [1.807, 2.05) is 12.1 Å². The van der Waals surface area contributed by atoms with Crippen LogP contribution in [0.15, 0.2) is 34.9 Å². The Hall–Kier alpha value is -0.930. The summed E-state index contributed by atoms with van der Waals surface area (Å²) in [6, 6.07) is 10.5. The number of halogens is 1. The molecule has 1 fully saturated rings. The molecule has 0 spiro atoms. The lowest BCUT2D eigenvalue weighted by Crippen LogP contribution is -2.41. The minimum Gasteiger partial charge on any atom is -0.330 e. The van der Waals surface area contributed by atoms with Crippen molar-refractivity contribution in [3.63, 3.8) is 0 Å². The second-order valence-electron chi connectivity index (χ2n) is 4.86. The van der Waals surface area contributed by atoms with Crippen LogP contribution in [0.5, 0.6) is 0 Å². The van der Waals surface area contributed by atoms with E-state index in [-0.39, 0.29) is 5.41 Å². The van der Waals surface area contributed by atoms with Crippen LogP contribution in [0.4, 0.5) is 0 Å². The van der Waals surface area contributed by atoms with Crippen LogP contribution in [0.1, 0.15) is 24.8 Å². The minimum absolute atomic E-state index is 0.163. The molecular formula is C14H15BrN2. The van der Waals surface area contributed by atoms with Crippen LogP contribution in [-0.4, -0.2) is 11.5 Å². The summed E-state index contributed by atoms with van der Waals surface area (Å²) >= 11 is 3.60. The van der Waals surface area contributed by atoms with Crippen LogP contribution in [0.3, 0.4) is 0 Å². The summed E-state index contributed by atoms with van der Waals surface area (Å²) in [7, 11) is 0. The zero-order valence-electron chi connectivity index (χ0n) is 9.62. The predicted molar refractivity (Wildman–Crippen MR) is 74.0 cm³/mol. The van der Waals surface area contributed by atoms with Crippen LogP contribution in [0.2, 0.25) is 0 Å². The lowest BCUT2D eigenvalue weighted by Gasteiger charge is -2.41. The number of aromatic nitrogens is 1. The molecule has 3 heteroatoms. The normalized spacial score (nSPS) is 18.0. The Morgan fingerprint density at radius 2 is 2.06 bits per heavy atom. The molecule has 1 aliphatic carbocycles. The van der Waals surface area contributed by atoms with E-state index in [2.05, 4.69) is 39.1 Å². The van der Waals surface area contributed by atoms with Gasteiger partial charge in [0.15, 0.2) is 0 Å². The maximum Gasteiger partial charge on any atom is 0.110 e. The van der Waals surface area contributed by atoms with Gasteiger partial charge in [-0.25, -0.2) is 4.98 Å². The number of nitrogens with two attached hydrogens (primary N) is 1. The molecule has 0 aliphatic heterocycles. The van der Waals surface area contributed by atoms with Crippen molar-refractivity contribution in [2.75, 3.05) is 6.54 Å². The van der Waals surface area contributed by atoms with Gasteiger partial charge in [0.25, 0.3) is 0 Å². The van der Waals surface area contributed by atoms with E-state index in [0.29, 0.717) is 6.54 Å². The number of pyridine rings is 1. The van der Waals surface area contributed by atoms with E-state index in [9.17, 15) is 0 Å². The fourth-order valence-electron chi connectivity index (χ4n) is 2.65. The third-order valence-electron chi connectivity index (χ3n) is 3.95. The molecule has 2 aromatic rings. The van der Waals surface area contributed by atoms with Crippen molar-refractivity contribution in [1.82, 2.24) is 4.98 Å². The van der Waals surface area contributed by atoms with E-state index in [1.165, 1.54) is 30.2 Å². The van der Waals surface area contributed by atoms with Crippen LogP contribution in [0.25, 0.3) is 10.9 Å². The van der Waals surface area contributed by atoms with Crippen molar-refractivity contribution < 1.29 is 0 Å². The highest BCUT2D eigenvalue weighted by atomic mass is 79.9. The number of hydrogen-bond acceptors (Lipinski definition) is 2. The highest BCUT2D eigenvalue weighted by Gasteiger charge is 2.39. The maximum absolute atomic E-state index is 5.97. The molecule has 0 atom stereocenters. The van der Waals surface area contributed by atoms with Gasteiger partial charge in [-0.05, 0) is 46.5 Å². The summed E-state index contributed by atoms with van der Waals surface area (Å²) in [4.78, 5) is 4.63. The van der Waals surface area contributed by atoms with Gasteiger partial charge < -0.3 is 5.73 Å². The van der Waals surface area contributed by atoms with E-state index >= 15 is 0 Å². The number of fused-ring (bicyclic) bond motifs is 1. The Bertz CT molecular complexity index is 556. The summed E-state index contributed by atoms with van der Waals surface area (Å²) in [5, 5.41) is 1.20. The molecule has 0 radical (unpaired) electrons. The summed E-state index contributed by atoms with van der Waals surface area (Å²) in [6.45, 7) is 0.714. The van der Waals surface area contributed by atoms with Gasteiger partial charge >= 0.3 is 0 Å². The number of benzene rings is 1. The molecular weight excluding hydrogens is 276 g/mol. The van der Waals surface area contributed by atoms with Gasteiger partial charge in [-0.3, -0.25) is 0 Å². The molecule has 2 N–H and O–H groups in total. The molecule has 1 aliphatic rings. The van der Waals surface area contributed by atoms with Crippen LogP contribution < -0.4 is 5.73 Å². The van der Waals surface area contributed by atoms with Crippen LogP contribution >= 0.6 is 15.9 Å². The van der Waals surface area contributed by atoms with E-state index < -0.39 is 0 Å². The van der Waals surface area contributed by atoms with Gasteiger partial charge in [0.05, 0.1) is 5.52 Å². The number of para-hydroxylation sites is 1. The van der Waals surface area contributed by atoms with Crippen molar-refractivity contribution in [2.24, 2.45) is 5.73 Å². The minimum atomic E-state index is 0.163. The molecule has 0 unspecified atom stereocenters. The Labute approximate surface area is 109 Å². The Kier molecular flexibility index (Phi) is 2.68. The monoisotopic (exact) mass is 290 g/mol. The van der Waals surface area contributed by atoms with Crippen molar-refractivity contribution in [3.8, 4) is 0 Å². The fraction of sp³-hybridized carbons (Fsp3) is 0.357. The van der Waals surface area contributed by atoms with Crippen LogP contribution in [-0.2, 0) is 5.41 Å². The number of rotatable bonds is 2. The standard InChI is InChI=1S/C14H15BrN2/c15-13-11(14(9-16)6-3-7-14)8-10-4-1-2-5-12(10)17-13/h1-2,4-5,8H,3,6-7,9,16H2. The first kappa shape index (κ1) is 11.2. The highest BCUT2D eigenvalue weighted by molar-refractivity contribution is 9.10. The zero-order valence-corrected chi connectivity index (χ0v) is 11.2. The Morgan fingerprint density at radius 1 is 1.29 bits per heavy atom. The molecule has 1 aromatic heterocycles. The zero-order chi connectivity index (χ0) is 11.9. The molecule has 1 aromatic carbocycles. The number of nitrogens with zero attached hydrogens (tertiary/aromatic N) is 1. The predicted octanol–water partition coefficient (Wildman–Crippen LogP) is 3.38. The smallest absolute Gasteiger partial charge is 0.110 e. The topological polar surface area (TPSA) is 38.9 Å². The Balaban J connectivity index is 2.19. The van der Waals surface area contributed by atoms with Crippen molar-refractivity contribution in [1.29, 1.82) is 0 Å².